The molecule has 3 rings (SSSR count). The number of rotatable bonds is 5. The summed E-state index contributed by atoms with van der Waals surface area (Å²) in [6.45, 7) is 6.82. The summed E-state index contributed by atoms with van der Waals surface area (Å²) in [7, 11) is 1.81. The molecule has 1 aliphatic heterocycles. The quantitative estimate of drug-likeness (QED) is 0.605. The Morgan fingerprint density at radius 1 is 1.18 bits per heavy atom. The summed E-state index contributed by atoms with van der Waals surface area (Å²) in [5.41, 5.74) is 4.02. The van der Waals surface area contributed by atoms with Gasteiger partial charge in [-0.2, -0.15) is 0 Å². The molecule has 2 fully saturated rings. The molecular formula is C23H36N4O. The lowest BCUT2D eigenvalue weighted by atomic mass is 9.88. The van der Waals surface area contributed by atoms with Crippen LogP contribution in [0.25, 0.3) is 0 Å². The zero-order valence-corrected chi connectivity index (χ0v) is 17.8. The van der Waals surface area contributed by atoms with Gasteiger partial charge in [0.25, 0.3) is 0 Å². The van der Waals surface area contributed by atoms with Crippen molar-refractivity contribution in [3.05, 3.63) is 34.9 Å². The molecule has 1 atom stereocenters. The van der Waals surface area contributed by atoms with Crippen LogP contribution in [0.3, 0.4) is 0 Å². The van der Waals surface area contributed by atoms with Gasteiger partial charge in [-0.1, -0.05) is 43.0 Å². The highest BCUT2D eigenvalue weighted by molar-refractivity contribution is 5.81. The number of aryl methyl sites for hydroxylation is 2. The van der Waals surface area contributed by atoms with Gasteiger partial charge in [0.2, 0.25) is 5.91 Å². The molecule has 0 radical (unpaired) electrons. The summed E-state index contributed by atoms with van der Waals surface area (Å²) in [6, 6.07) is 6.92. The van der Waals surface area contributed by atoms with E-state index >= 15 is 0 Å². The van der Waals surface area contributed by atoms with Crippen LogP contribution in [-0.2, 0) is 11.2 Å². The maximum absolute atomic E-state index is 12.7. The Labute approximate surface area is 170 Å². The van der Waals surface area contributed by atoms with Crippen molar-refractivity contribution in [2.45, 2.75) is 64.8 Å². The third-order valence-electron chi connectivity index (χ3n) is 6.20. The van der Waals surface area contributed by atoms with Crippen LogP contribution in [0.4, 0.5) is 0 Å². The SMILES string of the molecule is CN=C(NCCc1ccc(C)cc1C)NC1CCN(C(=O)C2CCCCC2)C1. The van der Waals surface area contributed by atoms with Gasteiger partial charge < -0.3 is 15.5 Å². The van der Waals surface area contributed by atoms with Gasteiger partial charge in [0.1, 0.15) is 0 Å². The Kier molecular flexibility index (Phi) is 7.35. The Bertz CT molecular complexity index is 694. The molecule has 1 aromatic rings. The Balaban J connectivity index is 1.43. The predicted octanol–water partition coefficient (Wildman–Crippen LogP) is 3.19. The van der Waals surface area contributed by atoms with Crippen molar-refractivity contribution in [3.8, 4) is 0 Å². The lowest BCUT2D eigenvalue weighted by molar-refractivity contribution is -0.135. The monoisotopic (exact) mass is 384 g/mol. The fourth-order valence-corrected chi connectivity index (χ4v) is 4.52. The second-order valence-corrected chi connectivity index (χ2v) is 8.43. The third-order valence-corrected chi connectivity index (χ3v) is 6.20. The molecule has 0 bridgehead atoms. The first-order chi connectivity index (χ1) is 13.6. The van der Waals surface area contributed by atoms with Gasteiger partial charge in [0.05, 0.1) is 0 Å². The molecular weight excluding hydrogens is 348 g/mol. The Hall–Kier alpha value is -2.04. The van der Waals surface area contributed by atoms with Gasteiger partial charge >= 0.3 is 0 Å². The first-order valence-corrected chi connectivity index (χ1v) is 10.9. The number of likely N-dealkylation sites (tertiary alicyclic amines) is 1. The molecule has 5 heteroatoms. The molecule has 0 spiro atoms. The summed E-state index contributed by atoms with van der Waals surface area (Å²) in [5.74, 6) is 1.48. The third kappa shape index (κ3) is 5.49. The van der Waals surface area contributed by atoms with E-state index in [2.05, 4.69) is 52.6 Å². The molecule has 1 aromatic carbocycles. The fraction of sp³-hybridized carbons (Fsp3) is 0.652. The number of carbonyl (C=O) groups excluding carboxylic acids is 1. The van der Waals surface area contributed by atoms with E-state index < -0.39 is 0 Å². The van der Waals surface area contributed by atoms with E-state index in [0.29, 0.717) is 11.9 Å². The summed E-state index contributed by atoms with van der Waals surface area (Å²) < 4.78 is 0. The average Bonchev–Trinajstić information content (AvgIpc) is 3.17. The average molecular weight is 385 g/mol. The highest BCUT2D eigenvalue weighted by Crippen LogP contribution is 2.26. The Morgan fingerprint density at radius 3 is 2.68 bits per heavy atom. The summed E-state index contributed by atoms with van der Waals surface area (Å²) >= 11 is 0. The number of benzene rings is 1. The van der Waals surface area contributed by atoms with Crippen LogP contribution in [0.15, 0.2) is 23.2 Å². The van der Waals surface area contributed by atoms with Crippen LogP contribution in [0, 0.1) is 19.8 Å². The molecule has 28 heavy (non-hydrogen) atoms. The summed E-state index contributed by atoms with van der Waals surface area (Å²) in [4.78, 5) is 19.2. The van der Waals surface area contributed by atoms with Gasteiger partial charge in [-0.3, -0.25) is 9.79 Å². The van der Waals surface area contributed by atoms with E-state index in [9.17, 15) is 4.79 Å². The topological polar surface area (TPSA) is 56.7 Å². The zero-order valence-electron chi connectivity index (χ0n) is 17.8. The van der Waals surface area contributed by atoms with Crippen molar-refractivity contribution in [3.63, 3.8) is 0 Å². The van der Waals surface area contributed by atoms with Crippen molar-refractivity contribution in [2.75, 3.05) is 26.7 Å². The molecule has 1 saturated heterocycles. The highest BCUT2D eigenvalue weighted by atomic mass is 16.2. The minimum Gasteiger partial charge on any atom is -0.356 e. The number of amides is 1. The molecule has 0 aromatic heterocycles. The van der Waals surface area contributed by atoms with Gasteiger partial charge in [0.15, 0.2) is 5.96 Å². The second-order valence-electron chi connectivity index (χ2n) is 8.43. The van der Waals surface area contributed by atoms with Crippen LogP contribution < -0.4 is 10.6 Å². The van der Waals surface area contributed by atoms with Crippen LogP contribution in [0.5, 0.6) is 0 Å². The molecule has 1 amide bonds. The van der Waals surface area contributed by atoms with E-state index in [1.165, 1.54) is 36.0 Å². The van der Waals surface area contributed by atoms with Crippen molar-refractivity contribution in [1.29, 1.82) is 0 Å². The van der Waals surface area contributed by atoms with Crippen LogP contribution in [0.2, 0.25) is 0 Å². The number of hydrogen-bond donors (Lipinski definition) is 2. The molecule has 154 valence electrons. The van der Waals surface area contributed by atoms with Gasteiger partial charge in [-0.15, -0.1) is 0 Å². The molecule has 2 N–H and O–H groups in total. The largest absolute Gasteiger partial charge is 0.356 e. The first kappa shape index (κ1) is 20.7. The Morgan fingerprint density at radius 2 is 1.96 bits per heavy atom. The normalized spacial score (nSPS) is 21.0. The number of guanidine groups is 1. The van der Waals surface area contributed by atoms with Crippen molar-refractivity contribution in [1.82, 2.24) is 15.5 Å². The minimum absolute atomic E-state index is 0.266. The van der Waals surface area contributed by atoms with Crippen molar-refractivity contribution in [2.24, 2.45) is 10.9 Å². The number of nitrogens with zero attached hydrogens (tertiary/aromatic N) is 2. The first-order valence-electron chi connectivity index (χ1n) is 10.9. The van der Waals surface area contributed by atoms with Crippen molar-refractivity contribution < 1.29 is 4.79 Å². The molecule has 2 aliphatic rings. The van der Waals surface area contributed by atoms with E-state index in [1.54, 1.807) is 0 Å². The maximum Gasteiger partial charge on any atom is 0.225 e. The van der Waals surface area contributed by atoms with E-state index in [-0.39, 0.29) is 5.92 Å². The fourth-order valence-electron chi connectivity index (χ4n) is 4.52. The number of aliphatic imine (C=N–C) groups is 1. The zero-order chi connectivity index (χ0) is 19.9. The highest BCUT2D eigenvalue weighted by Gasteiger charge is 2.31. The number of carbonyl (C=O) groups is 1. The number of hydrogen-bond acceptors (Lipinski definition) is 2. The maximum atomic E-state index is 12.7. The van der Waals surface area contributed by atoms with Crippen LogP contribution >= 0.6 is 0 Å². The molecule has 1 aliphatic carbocycles. The second kappa shape index (κ2) is 9.94. The van der Waals surface area contributed by atoms with E-state index in [1.807, 2.05) is 7.05 Å². The lowest BCUT2D eigenvalue weighted by Crippen LogP contribution is -2.46. The molecule has 1 heterocycles. The van der Waals surface area contributed by atoms with Crippen molar-refractivity contribution >= 4 is 11.9 Å². The minimum atomic E-state index is 0.266. The van der Waals surface area contributed by atoms with E-state index in [0.717, 1.165) is 51.3 Å². The van der Waals surface area contributed by atoms with Gasteiger partial charge in [-0.05, 0) is 50.7 Å². The smallest absolute Gasteiger partial charge is 0.225 e. The predicted molar refractivity (Wildman–Crippen MR) is 116 cm³/mol. The number of nitrogens with one attached hydrogen (secondary N) is 2. The molecule has 5 nitrogen and oxygen atoms in total. The summed E-state index contributed by atoms with van der Waals surface area (Å²) in [6.07, 6.45) is 7.84. The standard InChI is InChI=1S/C23H36N4O/c1-17-9-10-19(18(2)15-17)11-13-25-23(24-3)26-21-12-14-27(16-21)22(28)20-7-5-4-6-8-20/h9-10,15,20-21H,4-8,11-14,16H2,1-3H3,(H2,24,25,26). The van der Waals surface area contributed by atoms with Gasteiger partial charge in [0, 0.05) is 38.6 Å². The molecule has 1 unspecified atom stereocenters. The lowest BCUT2D eigenvalue weighted by Gasteiger charge is -2.26. The van der Waals surface area contributed by atoms with Gasteiger partial charge in [-0.25, -0.2) is 0 Å². The summed E-state index contributed by atoms with van der Waals surface area (Å²) in [5, 5.41) is 6.94. The van der Waals surface area contributed by atoms with Crippen LogP contribution in [0.1, 0.15) is 55.2 Å². The van der Waals surface area contributed by atoms with E-state index in [4.69, 9.17) is 0 Å². The van der Waals surface area contributed by atoms with Crippen LogP contribution in [-0.4, -0.2) is 49.5 Å². The molecule has 1 saturated carbocycles.